The van der Waals surface area contributed by atoms with Crippen LogP contribution in [-0.2, 0) is 6.42 Å². The SMILES string of the molecule is NC(Cc1nccn2cnnc12)C1CC1. The van der Waals surface area contributed by atoms with Gasteiger partial charge in [0.1, 0.15) is 6.33 Å². The first-order chi connectivity index (χ1) is 7.34. The Bertz CT molecular complexity index is 473. The maximum absolute atomic E-state index is 6.07. The number of hydrogen-bond donors (Lipinski definition) is 1. The van der Waals surface area contributed by atoms with Crippen molar-refractivity contribution in [3.8, 4) is 0 Å². The maximum atomic E-state index is 6.07. The Morgan fingerprint density at radius 2 is 2.40 bits per heavy atom. The molecule has 1 atom stereocenters. The lowest BCUT2D eigenvalue weighted by molar-refractivity contribution is 0.584. The minimum absolute atomic E-state index is 0.223. The molecule has 5 heteroatoms. The van der Waals surface area contributed by atoms with Gasteiger partial charge >= 0.3 is 0 Å². The van der Waals surface area contributed by atoms with Crippen molar-refractivity contribution in [2.45, 2.75) is 25.3 Å². The van der Waals surface area contributed by atoms with Gasteiger partial charge in [-0.05, 0) is 18.8 Å². The van der Waals surface area contributed by atoms with E-state index in [0.29, 0.717) is 5.92 Å². The number of nitrogens with two attached hydrogens (primary N) is 1. The van der Waals surface area contributed by atoms with Gasteiger partial charge in [0.25, 0.3) is 0 Å². The summed E-state index contributed by atoms with van der Waals surface area (Å²) in [7, 11) is 0. The Labute approximate surface area is 87.3 Å². The lowest BCUT2D eigenvalue weighted by Crippen LogP contribution is -2.25. The van der Waals surface area contributed by atoms with E-state index in [1.54, 1.807) is 12.5 Å². The molecule has 0 aliphatic heterocycles. The number of hydrogen-bond acceptors (Lipinski definition) is 4. The number of rotatable bonds is 3. The summed E-state index contributed by atoms with van der Waals surface area (Å²) in [5.74, 6) is 0.690. The van der Waals surface area contributed by atoms with Crippen LogP contribution in [0.2, 0.25) is 0 Å². The summed E-state index contributed by atoms with van der Waals surface area (Å²) in [5.41, 5.74) is 7.85. The monoisotopic (exact) mass is 203 g/mol. The Morgan fingerprint density at radius 1 is 1.53 bits per heavy atom. The molecule has 1 saturated carbocycles. The molecule has 3 rings (SSSR count). The van der Waals surface area contributed by atoms with E-state index in [-0.39, 0.29) is 6.04 Å². The average molecular weight is 203 g/mol. The van der Waals surface area contributed by atoms with Crippen LogP contribution in [0.5, 0.6) is 0 Å². The molecule has 1 unspecified atom stereocenters. The minimum Gasteiger partial charge on any atom is -0.327 e. The third-order valence-electron chi connectivity index (χ3n) is 2.95. The van der Waals surface area contributed by atoms with Crippen molar-refractivity contribution in [2.24, 2.45) is 11.7 Å². The number of fused-ring (bicyclic) bond motifs is 1. The van der Waals surface area contributed by atoms with Crippen LogP contribution in [-0.4, -0.2) is 25.6 Å². The van der Waals surface area contributed by atoms with Gasteiger partial charge in [-0.2, -0.15) is 0 Å². The average Bonchev–Trinajstić information content (AvgIpc) is 2.97. The third-order valence-corrected chi connectivity index (χ3v) is 2.95. The summed E-state index contributed by atoms with van der Waals surface area (Å²) in [4.78, 5) is 4.33. The van der Waals surface area contributed by atoms with Gasteiger partial charge in [-0.25, -0.2) is 0 Å². The van der Waals surface area contributed by atoms with Gasteiger partial charge in [0, 0.05) is 24.9 Å². The van der Waals surface area contributed by atoms with Crippen molar-refractivity contribution >= 4 is 5.65 Å². The summed E-state index contributed by atoms with van der Waals surface area (Å²) in [5, 5.41) is 7.91. The first kappa shape index (κ1) is 8.79. The van der Waals surface area contributed by atoms with Gasteiger partial charge in [-0.1, -0.05) is 0 Å². The van der Waals surface area contributed by atoms with E-state index in [0.717, 1.165) is 17.8 Å². The van der Waals surface area contributed by atoms with Crippen molar-refractivity contribution in [1.82, 2.24) is 19.6 Å². The number of nitrogens with zero attached hydrogens (tertiary/aromatic N) is 4. The molecule has 0 aromatic carbocycles. The molecule has 15 heavy (non-hydrogen) atoms. The van der Waals surface area contributed by atoms with E-state index in [1.165, 1.54) is 12.8 Å². The summed E-state index contributed by atoms with van der Waals surface area (Å²) < 4.78 is 1.88. The molecule has 0 bridgehead atoms. The molecule has 0 saturated heterocycles. The Kier molecular flexibility index (Phi) is 1.92. The van der Waals surface area contributed by atoms with Gasteiger partial charge in [-0.15, -0.1) is 10.2 Å². The van der Waals surface area contributed by atoms with Crippen molar-refractivity contribution < 1.29 is 0 Å². The van der Waals surface area contributed by atoms with Crippen molar-refractivity contribution in [2.75, 3.05) is 0 Å². The predicted octanol–water partition coefficient (Wildman–Crippen LogP) is 0.404. The van der Waals surface area contributed by atoms with Gasteiger partial charge in [0.2, 0.25) is 0 Å². The lowest BCUT2D eigenvalue weighted by Gasteiger charge is -2.09. The summed E-state index contributed by atoms with van der Waals surface area (Å²) in [6.45, 7) is 0. The van der Waals surface area contributed by atoms with Crippen LogP contribution in [0.1, 0.15) is 18.5 Å². The fraction of sp³-hybridized carbons (Fsp3) is 0.500. The van der Waals surface area contributed by atoms with Crippen LogP contribution in [0.15, 0.2) is 18.7 Å². The van der Waals surface area contributed by atoms with Crippen molar-refractivity contribution in [1.29, 1.82) is 0 Å². The first-order valence-electron chi connectivity index (χ1n) is 5.23. The van der Waals surface area contributed by atoms with E-state index in [1.807, 2.05) is 10.6 Å². The second kappa shape index (κ2) is 3.27. The molecule has 0 spiro atoms. The highest BCUT2D eigenvalue weighted by Crippen LogP contribution is 2.32. The standard InChI is InChI=1S/C10H13N5/c11-8(7-1-2-7)5-9-10-14-13-6-15(10)4-3-12-9/h3-4,6-8H,1-2,5,11H2. The molecule has 2 aromatic heterocycles. The molecule has 5 nitrogen and oxygen atoms in total. The summed E-state index contributed by atoms with van der Waals surface area (Å²) >= 11 is 0. The minimum atomic E-state index is 0.223. The van der Waals surface area contributed by atoms with E-state index in [4.69, 9.17) is 5.73 Å². The normalized spacial score (nSPS) is 18.2. The van der Waals surface area contributed by atoms with E-state index < -0.39 is 0 Å². The molecule has 0 radical (unpaired) electrons. The summed E-state index contributed by atoms with van der Waals surface area (Å²) in [6, 6.07) is 0.223. The first-order valence-corrected chi connectivity index (χ1v) is 5.23. The highest BCUT2D eigenvalue weighted by molar-refractivity contribution is 5.42. The highest BCUT2D eigenvalue weighted by Gasteiger charge is 2.29. The van der Waals surface area contributed by atoms with Crippen LogP contribution < -0.4 is 5.73 Å². The van der Waals surface area contributed by atoms with Crippen LogP contribution in [0.4, 0.5) is 0 Å². The predicted molar refractivity (Wildman–Crippen MR) is 55.2 cm³/mol. The van der Waals surface area contributed by atoms with Crippen molar-refractivity contribution in [3.63, 3.8) is 0 Å². The van der Waals surface area contributed by atoms with E-state index in [9.17, 15) is 0 Å². The Morgan fingerprint density at radius 3 is 3.20 bits per heavy atom. The zero-order valence-electron chi connectivity index (χ0n) is 8.37. The molecular weight excluding hydrogens is 190 g/mol. The summed E-state index contributed by atoms with van der Waals surface area (Å²) in [6.07, 6.45) is 8.62. The molecule has 2 aromatic rings. The molecule has 1 aliphatic carbocycles. The smallest absolute Gasteiger partial charge is 0.182 e. The van der Waals surface area contributed by atoms with Gasteiger partial charge < -0.3 is 5.73 Å². The Balaban J connectivity index is 1.92. The zero-order chi connectivity index (χ0) is 10.3. The maximum Gasteiger partial charge on any atom is 0.182 e. The van der Waals surface area contributed by atoms with E-state index in [2.05, 4.69) is 15.2 Å². The fourth-order valence-electron chi connectivity index (χ4n) is 1.87. The second-order valence-electron chi connectivity index (χ2n) is 4.14. The lowest BCUT2D eigenvalue weighted by atomic mass is 10.1. The van der Waals surface area contributed by atoms with Crippen LogP contribution in [0, 0.1) is 5.92 Å². The Hall–Kier alpha value is -1.49. The van der Waals surface area contributed by atoms with Crippen molar-refractivity contribution in [3.05, 3.63) is 24.4 Å². The van der Waals surface area contributed by atoms with Crippen LogP contribution >= 0.6 is 0 Å². The fourth-order valence-corrected chi connectivity index (χ4v) is 1.87. The van der Waals surface area contributed by atoms with Gasteiger partial charge in [-0.3, -0.25) is 9.38 Å². The molecule has 0 amide bonds. The highest BCUT2D eigenvalue weighted by atomic mass is 15.2. The molecule has 78 valence electrons. The number of aromatic nitrogens is 4. The molecular formula is C10H13N5. The van der Waals surface area contributed by atoms with Crippen LogP contribution in [0.3, 0.4) is 0 Å². The zero-order valence-corrected chi connectivity index (χ0v) is 8.37. The third kappa shape index (κ3) is 1.59. The second-order valence-corrected chi connectivity index (χ2v) is 4.14. The molecule has 1 fully saturated rings. The largest absolute Gasteiger partial charge is 0.327 e. The van der Waals surface area contributed by atoms with Gasteiger partial charge in [0.15, 0.2) is 5.65 Å². The van der Waals surface area contributed by atoms with Gasteiger partial charge in [0.05, 0.1) is 5.69 Å². The topological polar surface area (TPSA) is 69.1 Å². The van der Waals surface area contributed by atoms with E-state index >= 15 is 0 Å². The molecule has 2 heterocycles. The van der Waals surface area contributed by atoms with Crippen LogP contribution in [0.25, 0.3) is 5.65 Å². The molecule has 2 N–H and O–H groups in total. The quantitative estimate of drug-likeness (QED) is 0.784. The molecule has 1 aliphatic rings.